The van der Waals surface area contributed by atoms with Crippen molar-refractivity contribution in [2.75, 3.05) is 31.6 Å². The maximum absolute atomic E-state index is 12.3. The van der Waals surface area contributed by atoms with Crippen molar-refractivity contribution in [1.82, 2.24) is 10.2 Å². The molecule has 3 unspecified atom stereocenters. The maximum Gasteiger partial charge on any atom is 0.222 e. The van der Waals surface area contributed by atoms with Gasteiger partial charge in [0, 0.05) is 25.3 Å². The van der Waals surface area contributed by atoms with Crippen molar-refractivity contribution in [2.24, 2.45) is 11.8 Å². The van der Waals surface area contributed by atoms with Crippen LogP contribution in [0.2, 0.25) is 0 Å². The largest absolute Gasteiger partial charge is 0.342 e. The van der Waals surface area contributed by atoms with E-state index < -0.39 is 0 Å². The molecule has 0 saturated carbocycles. The molecule has 0 aliphatic carbocycles. The van der Waals surface area contributed by atoms with Gasteiger partial charge in [0.05, 0.1) is 0 Å². The highest BCUT2D eigenvalue weighted by molar-refractivity contribution is 7.99. The molecule has 18 heavy (non-hydrogen) atoms. The van der Waals surface area contributed by atoms with E-state index in [4.69, 9.17) is 0 Å². The number of carbonyl (C=O) groups is 1. The Morgan fingerprint density at radius 1 is 1.50 bits per heavy atom. The lowest BCUT2D eigenvalue weighted by Crippen LogP contribution is -2.40. The van der Waals surface area contributed by atoms with Crippen LogP contribution >= 0.6 is 11.8 Å². The van der Waals surface area contributed by atoms with E-state index in [0.717, 1.165) is 25.3 Å². The van der Waals surface area contributed by atoms with Crippen LogP contribution in [0.4, 0.5) is 0 Å². The molecule has 2 aliphatic rings. The van der Waals surface area contributed by atoms with Crippen LogP contribution in [-0.4, -0.2) is 48.5 Å². The normalized spacial score (nSPS) is 30.1. The van der Waals surface area contributed by atoms with Gasteiger partial charge >= 0.3 is 0 Å². The fourth-order valence-electron chi connectivity index (χ4n) is 2.98. The van der Waals surface area contributed by atoms with Gasteiger partial charge in [-0.2, -0.15) is 11.8 Å². The molecule has 0 aromatic rings. The molecule has 0 aromatic heterocycles. The Balaban J connectivity index is 1.78. The van der Waals surface area contributed by atoms with Gasteiger partial charge in [0.1, 0.15) is 0 Å². The molecular weight excluding hydrogens is 244 g/mol. The number of hydrogen-bond donors (Lipinski definition) is 1. The Kier molecular flexibility index (Phi) is 5.37. The Bertz CT molecular complexity index is 273. The number of nitrogens with one attached hydrogen (secondary N) is 1. The molecule has 3 nitrogen and oxygen atoms in total. The predicted molar refractivity (Wildman–Crippen MR) is 77.9 cm³/mol. The second-order valence-corrected chi connectivity index (χ2v) is 6.96. The number of carbonyl (C=O) groups excluding carboxylic acids is 1. The molecule has 1 amide bonds. The number of nitrogens with zero attached hydrogens (tertiary/aromatic N) is 1. The predicted octanol–water partition coefficient (Wildman–Crippen LogP) is 1.98. The van der Waals surface area contributed by atoms with Gasteiger partial charge in [-0.3, -0.25) is 4.79 Å². The molecule has 0 aromatic carbocycles. The minimum atomic E-state index is 0.348. The van der Waals surface area contributed by atoms with Gasteiger partial charge in [-0.25, -0.2) is 0 Å². The third-order valence-electron chi connectivity index (χ3n) is 4.48. The van der Waals surface area contributed by atoms with Crippen molar-refractivity contribution in [3.63, 3.8) is 0 Å². The highest BCUT2D eigenvalue weighted by Gasteiger charge is 2.27. The summed E-state index contributed by atoms with van der Waals surface area (Å²) in [4.78, 5) is 14.3. The van der Waals surface area contributed by atoms with Crippen LogP contribution in [0.1, 0.15) is 32.6 Å². The van der Waals surface area contributed by atoms with Crippen molar-refractivity contribution in [3.05, 3.63) is 0 Å². The zero-order valence-electron chi connectivity index (χ0n) is 11.7. The van der Waals surface area contributed by atoms with Crippen LogP contribution in [0.5, 0.6) is 0 Å². The van der Waals surface area contributed by atoms with Crippen molar-refractivity contribution in [3.8, 4) is 0 Å². The summed E-state index contributed by atoms with van der Waals surface area (Å²) in [6.45, 7) is 4.49. The summed E-state index contributed by atoms with van der Waals surface area (Å²) in [5.74, 6) is 3.89. The molecule has 2 heterocycles. The lowest BCUT2D eigenvalue weighted by Gasteiger charge is -2.30. The highest BCUT2D eigenvalue weighted by atomic mass is 32.2. The van der Waals surface area contributed by atoms with E-state index in [2.05, 4.69) is 12.2 Å². The van der Waals surface area contributed by atoms with E-state index in [9.17, 15) is 4.79 Å². The van der Waals surface area contributed by atoms with Gasteiger partial charge in [0.2, 0.25) is 5.91 Å². The van der Waals surface area contributed by atoms with Gasteiger partial charge in [0.25, 0.3) is 0 Å². The second-order valence-electron chi connectivity index (χ2n) is 5.81. The zero-order chi connectivity index (χ0) is 13.0. The molecule has 0 radical (unpaired) electrons. The van der Waals surface area contributed by atoms with Crippen molar-refractivity contribution < 1.29 is 4.79 Å². The Morgan fingerprint density at radius 3 is 2.94 bits per heavy atom. The van der Waals surface area contributed by atoms with Gasteiger partial charge < -0.3 is 10.2 Å². The molecule has 2 fully saturated rings. The van der Waals surface area contributed by atoms with Crippen LogP contribution < -0.4 is 5.32 Å². The fourth-order valence-corrected chi connectivity index (χ4v) is 4.25. The number of hydrogen-bond acceptors (Lipinski definition) is 3. The molecule has 0 bridgehead atoms. The quantitative estimate of drug-likeness (QED) is 0.848. The summed E-state index contributed by atoms with van der Waals surface area (Å²) in [5.41, 5.74) is 0. The number of piperidine rings is 1. The average molecular weight is 270 g/mol. The molecule has 104 valence electrons. The lowest BCUT2D eigenvalue weighted by molar-refractivity contribution is -0.132. The van der Waals surface area contributed by atoms with E-state index in [1.807, 2.05) is 23.7 Å². The minimum Gasteiger partial charge on any atom is -0.342 e. The summed E-state index contributed by atoms with van der Waals surface area (Å²) in [7, 11) is 1.99. The van der Waals surface area contributed by atoms with Gasteiger partial charge in [0.15, 0.2) is 0 Å². The number of thioether (sulfide) groups is 1. The maximum atomic E-state index is 12.3. The first kappa shape index (κ1) is 14.2. The summed E-state index contributed by atoms with van der Waals surface area (Å²) in [5, 5.41) is 3.45. The third kappa shape index (κ3) is 3.64. The highest BCUT2D eigenvalue weighted by Crippen LogP contribution is 2.25. The molecule has 2 rings (SSSR count). The van der Waals surface area contributed by atoms with Crippen molar-refractivity contribution >= 4 is 17.7 Å². The molecular formula is C14H26N2OS. The van der Waals surface area contributed by atoms with Crippen LogP contribution in [0.3, 0.4) is 0 Å². The smallest absolute Gasteiger partial charge is 0.222 e. The van der Waals surface area contributed by atoms with Crippen molar-refractivity contribution in [1.29, 1.82) is 0 Å². The van der Waals surface area contributed by atoms with Crippen LogP contribution in [0.25, 0.3) is 0 Å². The molecule has 0 spiro atoms. The first-order chi connectivity index (χ1) is 8.68. The van der Waals surface area contributed by atoms with E-state index in [-0.39, 0.29) is 0 Å². The molecule has 1 N–H and O–H groups in total. The Hall–Kier alpha value is -0.220. The van der Waals surface area contributed by atoms with Crippen molar-refractivity contribution in [2.45, 2.75) is 38.6 Å². The lowest BCUT2D eigenvalue weighted by atomic mass is 9.85. The van der Waals surface area contributed by atoms with E-state index in [1.54, 1.807) is 0 Å². The third-order valence-corrected chi connectivity index (χ3v) is 5.63. The van der Waals surface area contributed by atoms with Crippen LogP contribution in [0.15, 0.2) is 0 Å². The number of amides is 1. The van der Waals surface area contributed by atoms with Gasteiger partial charge in [-0.1, -0.05) is 6.92 Å². The van der Waals surface area contributed by atoms with E-state index in [1.165, 1.54) is 25.0 Å². The summed E-state index contributed by atoms with van der Waals surface area (Å²) < 4.78 is 0. The Morgan fingerprint density at radius 2 is 2.33 bits per heavy atom. The SMILES string of the molecule is CC(CC(=O)N(C)C1CCSC1)C1CCCNC1. The van der Waals surface area contributed by atoms with Gasteiger partial charge in [-0.15, -0.1) is 0 Å². The monoisotopic (exact) mass is 270 g/mol. The summed E-state index contributed by atoms with van der Waals surface area (Å²) in [6.07, 6.45) is 4.44. The average Bonchev–Trinajstić information content (AvgIpc) is 2.92. The van der Waals surface area contributed by atoms with E-state index in [0.29, 0.717) is 23.8 Å². The Labute approximate surface area is 115 Å². The minimum absolute atomic E-state index is 0.348. The molecule has 2 aliphatic heterocycles. The molecule has 2 saturated heterocycles. The second kappa shape index (κ2) is 6.80. The fraction of sp³-hybridized carbons (Fsp3) is 0.929. The van der Waals surface area contributed by atoms with Gasteiger partial charge in [-0.05, 0) is 49.9 Å². The molecule has 3 atom stereocenters. The first-order valence-corrected chi connectivity index (χ1v) is 8.38. The standard InChI is InChI=1S/C14H26N2OS/c1-11(12-4-3-6-15-9-12)8-14(17)16(2)13-5-7-18-10-13/h11-13,15H,3-10H2,1-2H3. The van der Waals surface area contributed by atoms with Crippen LogP contribution in [0, 0.1) is 11.8 Å². The topological polar surface area (TPSA) is 32.3 Å². The van der Waals surface area contributed by atoms with Crippen LogP contribution in [-0.2, 0) is 4.79 Å². The van der Waals surface area contributed by atoms with E-state index >= 15 is 0 Å². The first-order valence-electron chi connectivity index (χ1n) is 7.22. The summed E-state index contributed by atoms with van der Waals surface area (Å²) in [6, 6.07) is 0.485. The zero-order valence-corrected chi connectivity index (χ0v) is 12.5. The summed E-state index contributed by atoms with van der Waals surface area (Å²) >= 11 is 1.97. The molecule has 4 heteroatoms. The number of rotatable bonds is 4.